The van der Waals surface area contributed by atoms with E-state index in [1.165, 1.54) is 15.6 Å². The van der Waals surface area contributed by atoms with Crippen molar-refractivity contribution in [3.8, 4) is 0 Å². The Bertz CT molecular complexity index is 963. The lowest BCUT2D eigenvalue weighted by Gasteiger charge is -2.50. The Morgan fingerprint density at radius 2 is 2.10 bits per heavy atom. The fourth-order valence-corrected chi connectivity index (χ4v) is 9.06. The van der Waals surface area contributed by atoms with Crippen molar-refractivity contribution in [2.45, 2.75) is 66.4 Å². The molecule has 1 aliphatic carbocycles. The first kappa shape index (κ1) is 21.8. The number of carbonyl (C=O) groups is 1. The number of sulfonamides is 1. The first-order valence-corrected chi connectivity index (χ1v) is 13.4. The number of carbonyl (C=O) groups excluding carboxylic acids is 1. The first-order valence-electron chi connectivity index (χ1n) is 11.1. The Hall–Kier alpha value is -1.04. The van der Waals surface area contributed by atoms with E-state index >= 15 is 0 Å². The Morgan fingerprint density at radius 3 is 2.74 bits per heavy atom. The van der Waals surface area contributed by atoms with Crippen molar-refractivity contribution in [1.82, 2.24) is 14.9 Å². The minimum absolute atomic E-state index is 0.0323. The lowest BCUT2D eigenvalue weighted by molar-refractivity contribution is -0.130. The lowest BCUT2D eigenvalue weighted by Crippen LogP contribution is -2.69. The lowest BCUT2D eigenvalue weighted by atomic mass is 9.60. The molecule has 1 aromatic heterocycles. The summed E-state index contributed by atoms with van der Waals surface area (Å²) in [7, 11) is -3.58. The number of rotatable bonds is 5. The van der Waals surface area contributed by atoms with E-state index in [1.807, 2.05) is 13.0 Å². The van der Waals surface area contributed by atoms with Crippen LogP contribution >= 0.6 is 11.3 Å². The fraction of sp³-hybridized carbons (Fsp3) is 0.762. The van der Waals surface area contributed by atoms with Crippen molar-refractivity contribution in [2.75, 3.05) is 32.8 Å². The second-order valence-corrected chi connectivity index (χ2v) is 13.1. The van der Waals surface area contributed by atoms with Gasteiger partial charge in [0.1, 0.15) is 4.21 Å². The van der Waals surface area contributed by atoms with E-state index in [1.54, 1.807) is 6.07 Å². The van der Waals surface area contributed by atoms with E-state index in [2.05, 4.69) is 10.6 Å². The van der Waals surface area contributed by atoms with Gasteiger partial charge in [-0.3, -0.25) is 4.79 Å². The van der Waals surface area contributed by atoms with Gasteiger partial charge in [0.15, 0.2) is 0 Å². The number of nitrogens with zero attached hydrogens (tertiary/aromatic N) is 1. The minimum atomic E-state index is -3.58. The molecule has 5 heterocycles. The predicted octanol–water partition coefficient (Wildman–Crippen LogP) is 0.990. The van der Waals surface area contributed by atoms with Crippen LogP contribution in [0.2, 0.25) is 0 Å². The number of ether oxygens (including phenoxy) is 1. The summed E-state index contributed by atoms with van der Waals surface area (Å²) in [6.07, 6.45) is 4.21. The van der Waals surface area contributed by atoms with Crippen LogP contribution in [0.3, 0.4) is 0 Å². The third-order valence-electron chi connectivity index (χ3n) is 7.66. The molecular weight excluding hydrogens is 438 g/mol. The van der Waals surface area contributed by atoms with E-state index in [0.717, 1.165) is 30.8 Å². The normalized spacial score (nSPS) is 35.1. The van der Waals surface area contributed by atoms with Crippen molar-refractivity contribution >= 4 is 27.3 Å². The van der Waals surface area contributed by atoms with Crippen molar-refractivity contribution < 1.29 is 23.1 Å². The van der Waals surface area contributed by atoms with Crippen molar-refractivity contribution in [1.29, 1.82) is 0 Å². The molecule has 0 radical (unpaired) electrons. The van der Waals surface area contributed by atoms with Crippen LogP contribution in [0.5, 0.6) is 0 Å². The molecule has 172 valence electrons. The van der Waals surface area contributed by atoms with Gasteiger partial charge in [0.2, 0.25) is 5.91 Å². The molecule has 6 rings (SSSR count). The Balaban J connectivity index is 1.31. The molecule has 1 spiro atoms. The molecule has 0 aromatic carbocycles. The van der Waals surface area contributed by atoms with Crippen LogP contribution in [-0.4, -0.2) is 73.3 Å². The van der Waals surface area contributed by atoms with Gasteiger partial charge in [0.25, 0.3) is 10.0 Å². The van der Waals surface area contributed by atoms with Gasteiger partial charge in [-0.15, -0.1) is 11.3 Å². The van der Waals surface area contributed by atoms with Gasteiger partial charge in [-0.1, -0.05) is 0 Å². The molecular formula is C21H31N3O5S2. The molecule has 3 N–H and O–H groups in total. The molecule has 1 amide bonds. The molecule has 8 nitrogen and oxygen atoms in total. The third-order valence-corrected chi connectivity index (χ3v) is 11.0. The van der Waals surface area contributed by atoms with Crippen LogP contribution in [-0.2, 0) is 19.6 Å². The first-order chi connectivity index (χ1) is 14.7. The quantitative estimate of drug-likeness (QED) is 0.594. The number of hydrogen-bond acceptors (Lipinski definition) is 7. The van der Waals surface area contributed by atoms with Gasteiger partial charge in [0.05, 0.1) is 29.3 Å². The molecule has 4 saturated heterocycles. The summed E-state index contributed by atoms with van der Waals surface area (Å²) in [5, 5.41) is 16.5. The highest BCUT2D eigenvalue weighted by atomic mass is 32.2. The smallest absolute Gasteiger partial charge is 0.252 e. The highest BCUT2D eigenvalue weighted by molar-refractivity contribution is 7.91. The fourth-order valence-electron chi connectivity index (χ4n) is 6.10. The molecule has 1 saturated carbocycles. The zero-order valence-electron chi connectivity index (χ0n) is 17.9. The topological polar surface area (TPSA) is 108 Å². The van der Waals surface area contributed by atoms with Crippen LogP contribution < -0.4 is 10.6 Å². The third kappa shape index (κ3) is 3.38. The van der Waals surface area contributed by atoms with Crippen LogP contribution in [0.25, 0.3) is 0 Å². The van der Waals surface area contributed by atoms with Crippen molar-refractivity contribution in [3.63, 3.8) is 0 Å². The monoisotopic (exact) mass is 469 g/mol. The average Bonchev–Trinajstić information content (AvgIpc) is 3.36. The number of aliphatic hydroxyl groups is 1. The second kappa shape index (κ2) is 7.50. The van der Waals surface area contributed by atoms with Crippen LogP contribution in [0.1, 0.15) is 43.4 Å². The molecule has 31 heavy (non-hydrogen) atoms. The van der Waals surface area contributed by atoms with Crippen LogP contribution in [0.15, 0.2) is 16.3 Å². The van der Waals surface area contributed by atoms with Gasteiger partial charge in [0, 0.05) is 30.8 Å². The summed E-state index contributed by atoms with van der Waals surface area (Å²) in [6, 6.07) is 3.46. The van der Waals surface area contributed by atoms with Gasteiger partial charge in [-0.05, 0) is 57.8 Å². The van der Waals surface area contributed by atoms with Crippen molar-refractivity contribution in [2.24, 2.45) is 5.92 Å². The molecule has 1 aromatic rings. The molecule has 5 fully saturated rings. The molecule has 2 bridgehead atoms. The molecule has 5 aliphatic rings. The SMILES string of the molecule is Cc1ccc(S(=O)(=O)N2CCCC(C(=O)NC34CC(CO)(C3)OC43CCNCC3)C2)s1. The van der Waals surface area contributed by atoms with Crippen LogP contribution in [0.4, 0.5) is 0 Å². The van der Waals surface area contributed by atoms with E-state index in [4.69, 9.17) is 4.74 Å². The molecule has 1 unspecified atom stereocenters. The molecule has 1 atom stereocenters. The summed E-state index contributed by atoms with van der Waals surface area (Å²) in [5.74, 6) is -0.459. The van der Waals surface area contributed by atoms with Gasteiger partial charge >= 0.3 is 0 Å². The van der Waals surface area contributed by atoms with Gasteiger partial charge in [-0.25, -0.2) is 8.42 Å². The molecule has 10 heteroatoms. The minimum Gasteiger partial charge on any atom is -0.393 e. The number of thiophene rings is 1. The maximum Gasteiger partial charge on any atom is 0.252 e. The Labute approximate surface area is 187 Å². The summed E-state index contributed by atoms with van der Waals surface area (Å²) in [5.41, 5.74) is -1.43. The highest BCUT2D eigenvalue weighted by Gasteiger charge is 2.75. The summed E-state index contributed by atoms with van der Waals surface area (Å²) >= 11 is 1.27. The standard InChI is InChI=1S/C21H31N3O5S2/c1-15-4-5-17(30-15)31(27,28)24-10-2-3-16(11-24)18(26)23-20-12-19(13-20,14-25)29-21(20)6-8-22-9-7-21/h4-5,16,22,25H,2-3,6-14H2,1H3,(H,23,26). The maximum atomic E-state index is 13.4. The van der Waals surface area contributed by atoms with E-state index in [-0.39, 0.29) is 25.0 Å². The number of hydrogen-bond donors (Lipinski definition) is 3. The molecule has 4 aliphatic heterocycles. The number of amides is 1. The number of aryl methyl sites for hydroxylation is 1. The zero-order chi connectivity index (χ0) is 21.9. The Morgan fingerprint density at radius 1 is 1.35 bits per heavy atom. The summed E-state index contributed by atoms with van der Waals surface area (Å²) in [6.45, 7) is 4.17. The second-order valence-electron chi connectivity index (χ2n) is 9.68. The predicted molar refractivity (Wildman–Crippen MR) is 116 cm³/mol. The van der Waals surface area contributed by atoms with E-state index in [0.29, 0.717) is 36.4 Å². The number of aliphatic hydroxyl groups excluding tert-OH is 1. The summed E-state index contributed by atoms with van der Waals surface area (Å²) < 4.78 is 34.3. The number of piperidine rings is 2. The average molecular weight is 470 g/mol. The van der Waals surface area contributed by atoms with Crippen LogP contribution in [0, 0.1) is 12.8 Å². The summed E-state index contributed by atoms with van der Waals surface area (Å²) in [4.78, 5) is 14.3. The van der Waals surface area contributed by atoms with Crippen molar-refractivity contribution in [3.05, 3.63) is 17.0 Å². The van der Waals surface area contributed by atoms with Gasteiger partial charge < -0.3 is 20.5 Å². The van der Waals surface area contributed by atoms with Gasteiger partial charge in [-0.2, -0.15) is 4.31 Å². The largest absolute Gasteiger partial charge is 0.393 e. The van der Waals surface area contributed by atoms with E-state index < -0.39 is 26.8 Å². The number of nitrogens with one attached hydrogen (secondary N) is 2. The highest BCUT2D eigenvalue weighted by Crippen LogP contribution is 2.63. The Kier molecular flexibility index (Phi) is 5.27. The maximum absolute atomic E-state index is 13.4. The van der Waals surface area contributed by atoms with E-state index in [9.17, 15) is 18.3 Å². The zero-order valence-corrected chi connectivity index (χ0v) is 19.5.